The highest BCUT2D eigenvalue weighted by atomic mass is 32.1. The topological polar surface area (TPSA) is 66.3 Å². The van der Waals surface area contributed by atoms with Crippen molar-refractivity contribution in [2.75, 3.05) is 11.4 Å². The van der Waals surface area contributed by atoms with Crippen LogP contribution in [0.1, 0.15) is 41.9 Å². The van der Waals surface area contributed by atoms with Crippen LogP contribution < -0.4 is 4.90 Å². The van der Waals surface area contributed by atoms with Gasteiger partial charge < -0.3 is 10.0 Å². The minimum Gasteiger partial charge on any atom is -0.477 e. The maximum atomic E-state index is 11.3. The molecular formula is C15H19N3O2S. The van der Waals surface area contributed by atoms with Crippen LogP contribution in [-0.4, -0.2) is 33.6 Å². The molecule has 0 bridgehead atoms. The summed E-state index contributed by atoms with van der Waals surface area (Å²) in [5.74, 6) is 0.731. The van der Waals surface area contributed by atoms with Crippen molar-refractivity contribution in [3.63, 3.8) is 0 Å². The molecule has 5 nitrogen and oxygen atoms in total. The normalized spacial score (nSPS) is 22.7. The van der Waals surface area contributed by atoms with Crippen molar-refractivity contribution in [2.24, 2.45) is 5.92 Å². The molecule has 1 aliphatic rings. The van der Waals surface area contributed by atoms with E-state index in [4.69, 9.17) is 0 Å². The number of rotatable bonds is 2. The summed E-state index contributed by atoms with van der Waals surface area (Å²) < 4.78 is 0. The van der Waals surface area contributed by atoms with Crippen molar-refractivity contribution in [1.82, 2.24) is 9.97 Å². The van der Waals surface area contributed by atoms with Gasteiger partial charge in [-0.3, -0.25) is 0 Å². The maximum absolute atomic E-state index is 11.3. The zero-order valence-electron chi connectivity index (χ0n) is 12.5. The molecule has 2 atom stereocenters. The zero-order chi connectivity index (χ0) is 15.1. The van der Waals surface area contributed by atoms with Gasteiger partial charge in [0.2, 0.25) is 0 Å². The Morgan fingerprint density at radius 1 is 1.43 bits per heavy atom. The van der Waals surface area contributed by atoms with Gasteiger partial charge in [0, 0.05) is 12.6 Å². The fourth-order valence-electron chi connectivity index (χ4n) is 3.20. The smallest absolute Gasteiger partial charge is 0.346 e. The Balaban J connectivity index is 2.12. The van der Waals surface area contributed by atoms with Crippen LogP contribution in [-0.2, 0) is 0 Å². The number of piperidine rings is 1. The second kappa shape index (κ2) is 5.26. The van der Waals surface area contributed by atoms with Crippen molar-refractivity contribution in [1.29, 1.82) is 0 Å². The van der Waals surface area contributed by atoms with Gasteiger partial charge >= 0.3 is 5.97 Å². The molecule has 0 saturated carbocycles. The number of carboxylic acid groups (broad SMARTS) is 1. The Labute approximate surface area is 127 Å². The van der Waals surface area contributed by atoms with Crippen LogP contribution in [0.25, 0.3) is 10.2 Å². The number of hydrogen-bond donors (Lipinski definition) is 1. The molecule has 3 heterocycles. The van der Waals surface area contributed by atoms with E-state index in [-0.39, 0.29) is 0 Å². The number of aromatic nitrogens is 2. The van der Waals surface area contributed by atoms with E-state index in [1.54, 1.807) is 6.33 Å². The summed E-state index contributed by atoms with van der Waals surface area (Å²) in [5, 5.41) is 10.2. The zero-order valence-corrected chi connectivity index (χ0v) is 13.3. The lowest BCUT2D eigenvalue weighted by molar-refractivity contribution is 0.0701. The number of fused-ring (bicyclic) bond motifs is 1. The number of aromatic carboxylic acids is 1. The van der Waals surface area contributed by atoms with Gasteiger partial charge in [-0.2, -0.15) is 0 Å². The summed E-state index contributed by atoms with van der Waals surface area (Å²) in [6, 6.07) is 0.416. The number of nitrogens with zero attached hydrogens (tertiary/aromatic N) is 3. The quantitative estimate of drug-likeness (QED) is 0.922. The summed E-state index contributed by atoms with van der Waals surface area (Å²) in [5.41, 5.74) is 0.781. The first-order chi connectivity index (χ1) is 9.99. The molecule has 0 aliphatic carbocycles. The molecule has 1 N–H and O–H groups in total. The number of hydrogen-bond acceptors (Lipinski definition) is 5. The van der Waals surface area contributed by atoms with Gasteiger partial charge in [-0.15, -0.1) is 11.3 Å². The molecule has 112 valence electrons. The van der Waals surface area contributed by atoms with Crippen molar-refractivity contribution in [2.45, 2.75) is 39.7 Å². The van der Waals surface area contributed by atoms with Crippen LogP contribution in [0.2, 0.25) is 0 Å². The molecular weight excluding hydrogens is 286 g/mol. The third-order valence-electron chi connectivity index (χ3n) is 4.31. The van der Waals surface area contributed by atoms with Crippen LogP contribution in [0, 0.1) is 12.8 Å². The van der Waals surface area contributed by atoms with E-state index in [0.29, 0.717) is 10.9 Å². The number of carboxylic acids is 1. The minimum absolute atomic E-state index is 0.366. The first kappa shape index (κ1) is 14.3. The second-order valence-corrected chi connectivity index (χ2v) is 6.91. The van der Waals surface area contributed by atoms with E-state index in [9.17, 15) is 9.90 Å². The first-order valence-corrected chi connectivity index (χ1v) is 8.04. The second-order valence-electron chi connectivity index (χ2n) is 5.91. The minimum atomic E-state index is -0.887. The van der Waals surface area contributed by atoms with Gasteiger partial charge in [0.1, 0.15) is 21.9 Å². The largest absolute Gasteiger partial charge is 0.477 e. The SMILES string of the molecule is Cc1c(C(=O)O)sc2ncnc(N3CCC(C)CC3C)c12. The summed E-state index contributed by atoms with van der Waals surface area (Å²) >= 11 is 1.23. The molecule has 3 rings (SSSR count). The fourth-order valence-corrected chi connectivity index (χ4v) is 4.18. The standard InChI is InChI=1S/C15H19N3O2S/c1-8-4-5-18(9(2)6-8)13-11-10(3)12(15(19)20)21-14(11)17-7-16-13/h7-9H,4-6H2,1-3H3,(H,19,20). The van der Waals surface area contributed by atoms with Crippen molar-refractivity contribution < 1.29 is 9.90 Å². The lowest BCUT2D eigenvalue weighted by Gasteiger charge is -2.37. The lowest BCUT2D eigenvalue weighted by atomic mass is 9.93. The van der Waals surface area contributed by atoms with Crippen molar-refractivity contribution in [3.8, 4) is 0 Å². The average Bonchev–Trinajstić information content (AvgIpc) is 2.77. The molecule has 21 heavy (non-hydrogen) atoms. The third kappa shape index (κ3) is 2.37. The van der Waals surface area contributed by atoms with Crippen molar-refractivity contribution in [3.05, 3.63) is 16.8 Å². The van der Waals surface area contributed by atoms with Crippen LogP contribution >= 0.6 is 11.3 Å². The summed E-state index contributed by atoms with van der Waals surface area (Å²) in [4.78, 5) is 23.5. The lowest BCUT2D eigenvalue weighted by Crippen LogP contribution is -2.40. The number of anilines is 1. The Morgan fingerprint density at radius 2 is 2.19 bits per heavy atom. The highest BCUT2D eigenvalue weighted by Crippen LogP contribution is 2.37. The van der Waals surface area contributed by atoms with E-state index < -0.39 is 5.97 Å². The van der Waals surface area contributed by atoms with E-state index in [2.05, 4.69) is 28.7 Å². The third-order valence-corrected chi connectivity index (χ3v) is 5.50. The number of thiophene rings is 1. The molecule has 1 saturated heterocycles. The van der Waals surface area contributed by atoms with E-state index in [1.807, 2.05) is 6.92 Å². The van der Waals surface area contributed by atoms with Gasteiger partial charge in [0.25, 0.3) is 0 Å². The Hall–Kier alpha value is -1.69. The van der Waals surface area contributed by atoms with E-state index in [1.165, 1.54) is 11.3 Å². The van der Waals surface area contributed by atoms with Gasteiger partial charge in [0.05, 0.1) is 5.39 Å². The maximum Gasteiger partial charge on any atom is 0.346 e. The molecule has 0 aromatic carbocycles. The molecule has 1 fully saturated rings. The summed E-state index contributed by atoms with van der Waals surface area (Å²) in [7, 11) is 0. The molecule has 2 aromatic heterocycles. The summed E-state index contributed by atoms with van der Waals surface area (Å²) in [6.45, 7) is 7.31. The molecule has 0 radical (unpaired) electrons. The Morgan fingerprint density at radius 3 is 2.86 bits per heavy atom. The first-order valence-electron chi connectivity index (χ1n) is 7.23. The van der Waals surface area contributed by atoms with Crippen LogP contribution in [0.3, 0.4) is 0 Å². The molecule has 2 aromatic rings. The number of aryl methyl sites for hydroxylation is 1. The van der Waals surface area contributed by atoms with Gasteiger partial charge in [-0.1, -0.05) is 6.92 Å². The van der Waals surface area contributed by atoms with E-state index in [0.717, 1.165) is 46.9 Å². The van der Waals surface area contributed by atoms with Crippen molar-refractivity contribution >= 4 is 33.3 Å². The number of carbonyl (C=O) groups is 1. The predicted octanol–water partition coefficient (Wildman–Crippen LogP) is 3.32. The average molecular weight is 305 g/mol. The van der Waals surface area contributed by atoms with Gasteiger partial charge in [-0.05, 0) is 38.2 Å². The monoisotopic (exact) mass is 305 g/mol. The van der Waals surface area contributed by atoms with Gasteiger partial charge in [-0.25, -0.2) is 14.8 Å². The highest BCUT2D eigenvalue weighted by molar-refractivity contribution is 7.20. The fraction of sp³-hybridized carbons (Fsp3) is 0.533. The molecule has 0 amide bonds. The van der Waals surface area contributed by atoms with Crippen LogP contribution in [0.4, 0.5) is 5.82 Å². The van der Waals surface area contributed by atoms with Crippen LogP contribution in [0.5, 0.6) is 0 Å². The highest BCUT2D eigenvalue weighted by Gasteiger charge is 2.27. The molecule has 2 unspecified atom stereocenters. The van der Waals surface area contributed by atoms with E-state index >= 15 is 0 Å². The Bertz CT molecular complexity index is 698. The predicted molar refractivity (Wildman–Crippen MR) is 84.3 cm³/mol. The van der Waals surface area contributed by atoms with Crippen LogP contribution in [0.15, 0.2) is 6.33 Å². The molecule has 0 spiro atoms. The molecule has 6 heteroatoms. The molecule has 1 aliphatic heterocycles. The Kier molecular flexibility index (Phi) is 3.57. The van der Waals surface area contributed by atoms with Gasteiger partial charge in [0.15, 0.2) is 0 Å². The summed E-state index contributed by atoms with van der Waals surface area (Å²) in [6.07, 6.45) is 3.83.